The number of amides is 1. The van der Waals surface area contributed by atoms with Crippen molar-refractivity contribution < 1.29 is 24.0 Å². The lowest BCUT2D eigenvalue weighted by atomic mass is 9.99. The van der Waals surface area contributed by atoms with E-state index in [4.69, 9.17) is 4.74 Å². The molecule has 1 amide bonds. The van der Waals surface area contributed by atoms with E-state index in [0.717, 1.165) is 0 Å². The van der Waals surface area contributed by atoms with E-state index in [2.05, 4.69) is 21.2 Å². The molecule has 0 heterocycles. The van der Waals surface area contributed by atoms with E-state index in [-0.39, 0.29) is 16.9 Å². The second-order valence-corrected chi connectivity index (χ2v) is 9.16. The molecule has 0 aliphatic carbocycles. The van der Waals surface area contributed by atoms with E-state index in [1.54, 1.807) is 84.9 Å². The molecule has 4 rings (SSSR count). The van der Waals surface area contributed by atoms with E-state index in [0.29, 0.717) is 16.7 Å². The molecule has 0 aromatic heterocycles. The van der Waals surface area contributed by atoms with Gasteiger partial charge in [-0.1, -0.05) is 88.7 Å². The topological polar surface area (TPSA) is 116 Å². The SMILES string of the molecule is O=C(Nc1ccccc1C(=O)O[C@@H](C(=O)c1ccccc1)[C@H](Br)c1cccc([N+](=O)[O-])c1)c1ccccc1. The van der Waals surface area contributed by atoms with E-state index < -0.39 is 33.5 Å². The molecule has 0 saturated carbocycles. The number of carbonyl (C=O) groups excluding carboxylic acids is 3. The smallest absolute Gasteiger partial charge is 0.341 e. The Bertz CT molecular complexity index is 1480. The number of para-hydroxylation sites is 1. The van der Waals surface area contributed by atoms with Crippen LogP contribution in [0.4, 0.5) is 11.4 Å². The summed E-state index contributed by atoms with van der Waals surface area (Å²) in [5, 5.41) is 14.0. The van der Waals surface area contributed by atoms with Gasteiger partial charge in [-0.05, 0) is 29.8 Å². The maximum absolute atomic E-state index is 13.5. The number of alkyl halides is 1. The van der Waals surface area contributed by atoms with Crippen molar-refractivity contribution in [3.05, 3.63) is 142 Å². The van der Waals surface area contributed by atoms with Crippen LogP contribution in [0.5, 0.6) is 0 Å². The second-order valence-electron chi connectivity index (χ2n) is 8.18. The number of carbonyl (C=O) groups is 3. The fourth-order valence-corrected chi connectivity index (χ4v) is 4.36. The van der Waals surface area contributed by atoms with Crippen molar-refractivity contribution in [2.24, 2.45) is 0 Å². The van der Waals surface area contributed by atoms with Crippen LogP contribution in [0.25, 0.3) is 0 Å². The summed E-state index contributed by atoms with van der Waals surface area (Å²) < 4.78 is 5.74. The zero-order valence-electron chi connectivity index (χ0n) is 19.8. The number of esters is 1. The number of nitrogens with zero attached hydrogens (tertiary/aromatic N) is 1. The molecular formula is C29H21BrN2O6. The van der Waals surface area contributed by atoms with Crippen LogP contribution >= 0.6 is 15.9 Å². The van der Waals surface area contributed by atoms with Crippen molar-refractivity contribution in [3.63, 3.8) is 0 Å². The Morgan fingerprint density at radius 1 is 0.789 bits per heavy atom. The summed E-state index contributed by atoms with van der Waals surface area (Å²) in [6.45, 7) is 0. The number of non-ortho nitro benzene ring substituents is 1. The van der Waals surface area contributed by atoms with Gasteiger partial charge in [0.05, 0.1) is 21.0 Å². The van der Waals surface area contributed by atoms with Crippen LogP contribution in [-0.2, 0) is 4.74 Å². The fraction of sp³-hybridized carbons (Fsp3) is 0.0690. The number of Topliss-reactive ketones (excluding diaryl/α,β-unsaturated/α-hetero) is 1. The van der Waals surface area contributed by atoms with Crippen LogP contribution in [-0.4, -0.2) is 28.7 Å². The van der Waals surface area contributed by atoms with Crippen molar-refractivity contribution >= 4 is 45.0 Å². The van der Waals surface area contributed by atoms with Crippen molar-refractivity contribution in [3.8, 4) is 0 Å². The Labute approximate surface area is 226 Å². The Balaban J connectivity index is 1.65. The minimum Gasteiger partial charge on any atom is -0.449 e. The lowest BCUT2D eigenvalue weighted by Crippen LogP contribution is -2.31. The molecule has 0 unspecified atom stereocenters. The number of ether oxygens (including phenoxy) is 1. The number of halogens is 1. The lowest BCUT2D eigenvalue weighted by molar-refractivity contribution is -0.384. The molecular weight excluding hydrogens is 552 g/mol. The minimum absolute atomic E-state index is 0.0429. The lowest BCUT2D eigenvalue weighted by Gasteiger charge is -2.23. The molecule has 0 bridgehead atoms. The normalized spacial score (nSPS) is 12.1. The van der Waals surface area contributed by atoms with Gasteiger partial charge >= 0.3 is 5.97 Å². The maximum Gasteiger partial charge on any atom is 0.341 e. The highest BCUT2D eigenvalue weighted by atomic mass is 79.9. The molecule has 0 saturated heterocycles. The number of nitro groups is 1. The summed E-state index contributed by atoms with van der Waals surface area (Å²) in [7, 11) is 0. The van der Waals surface area contributed by atoms with E-state index in [1.165, 1.54) is 24.3 Å². The van der Waals surface area contributed by atoms with Crippen molar-refractivity contribution in [2.45, 2.75) is 10.9 Å². The Morgan fingerprint density at radius 3 is 2.05 bits per heavy atom. The number of benzene rings is 4. The molecule has 9 heteroatoms. The average Bonchev–Trinajstić information content (AvgIpc) is 2.96. The number of nitrogens with one attached hydrogen (secondary N) is 1. The summed E-state index contributed by atoms with van der Waals surface area (Å²) in [4.78, 5) is 49.4. The first-order chi connectivity index (χ1) is 18.3. The third-order valence-corrected chi connectivity index (χ3v) is 6.66. The van der Waals surface area contributed by atoms with Crippen LogP contribution in [0.3, 0.4) is 0 Å². The molecule has 38 heavy (non-hydrogen) atoms. The van der Waals surface area contributed by atoms with Gasteiger partial charge in [0.25, 0.3) is 11.6 Å². The zero-order valence-corrected chi connectivity index (χ0v) is 21.4. The first kappa shape index (κ1) is 26.4. The Kier molecular flexibility index (Phi) is 8.40. The largest absolute Gasteiger partial charge is 0.449 e. The van der Waals surface area contributed by atoms with E-state index in [1.807, 2.05) is 0 Å². The number of hydrogen-bond acceptors (Lipinski definition) is 6. The summed E-state index contributed by atoms with van der Waals surface area (Å²) in [5.41, 5.74) is 1.16. The van der Waals surface area contributed by atoms with Crippen LogP contribution in [0.1, 0.15) is 41.5 Å². The molecule has 0 aliphatic rings. The molecule has 0 spiro atoms. The van der Waals surface area contributed by atoms with E-state index in [9.17, 15) is 24.5 Å². The fourth-order valence-electron chi connectivity index (χ4n) is 3.73. The number of hydrogen-bond donors (Lipinski definition) is 1. The first-order valence-corrected chi connectivity index (χ1v) is 12.4. The quantitative estimate of drug-likeness (QED) is 0.0816. The molecule has 0 aliphatic heterocycles. The predicted octanol–water partition coefficient (Wildman–Crippen LogP) is 6.39. The highest BCUT2D eigenvalue weighted by Crippen LogP contribution is 2.33. The van der Waals surface area contributed by atoms with Crippen LogP contribution in [0.2, 0.25) is 0 Å². The molecule has 8 nitrogen and oxygen atoms in total. The molecule has 1 N–H and O–H groups in total. The second kappa shape index (κ2) is 12.1. The molecule has 2 atom stereocenters. The number of anilines is 1. The predicted molar refractivity (Wildman–Crippen MR) is 146 cm³/mol. The minimum atomic E-state index is -1.37. The molecule has 0 radical (unpaired) electrons. The van der Waals surface area contributed by atoms with Gasteiger partial charge in [0.2, 0.25) is 5.78 Å². The molecule has 4 aromatic rings. The monoisotopic (exact) mass is 572 g/mol. The van der Waals surface area contributed by atoms with Crippen LogP contribution in [0, 0.1) is 10.1 Å². The average molecular weight is 573 g/mol. The van der Waals surface area contributed by atoms with Gasteiger partial charge in [-0.15, -0.1) is 0 Å². The van der Waals surface area contributed by atoms with Crippen LogP contribution < -0.4 is 5.32 Å². The Hall–Kier alpha value is -4.63. The number of nitro benzene ring substituents is 1. The molecule has 0 fully saturated rings. The summed E-state index contributed by atoms with van der Waals surface area (Å²) in [6.07, 6.45) is -1.37. The number of rotatable bonds is 9. The van der Waals surface area contributed by atoms with Gasteiger partial charge in [-0.25, -0.2) is 4.79 Å². The van der Waals surface area contributed by atoms with Crippen molar-refractivity contribution in [1.82, 2.24) is 0 Å². The van der Waals surface area contributed by atoms with Gasteiger partial charge in [-0.2, -0.15) is 0 Å². The first-order valence-electron chi connectivity index (χ1n) is 11.5. The summed E-state index contributed by atoms with van der Waals surface area (Å²) >= 11 is 3.43. The van der Waals surface area contributed by atoms with E-state index >= 15 is 0 Å². The highest BCUT2D eigenvalue weighted by molar-refractivity contribution is 9.09. The maximum atomic E-state index is 13.5. The van der Waals surface area contributed by atoms with Crippen LogP contribution in [0.15, 0.2) is 109 Å². The third kappa shape index (κ3) is 6.19. The Morgan fingerprint density at radius 2 is 1.39 bits per heavy atom. The molecule has 4 aromatic carbocycles. The van der Waals surface area contributed by atoms with Crippen molar-refractivity contribution in [1.29, 1.82) is 0 Å². The number of ketones is 1. The van der Waals surface area contributed by atoms with Gasteiger partial charge in [0, 0.05) is 23.3 Å². The van der Waals surface area contributed by atoms with Gasteiger partial charge in [-0.3, -0.25) is 19.7 Å². The highest BCUT2D eigenvalue weighted by Gasteiger charge is 2.34. The molecule has 190 valence electrons. The summed E-state index contributed by atoms with van der Waals surface area (Å²) in [5.74, 6) is -1.77. The third-order valence-electron chi connectivity index (χ3n) is 5.65. The van der Waals surface area contributed by atoms with Gasteiger partial charge in [0.15, 0.2) is 6.10 Å². The van der Waals surface area contributed by atoms with Gasteiger partial charge < -0.3 is 10.1 Å². The zero-order chi connectivity index (χ0) is 27.1. The summed E-state index contributed by atoms with van der Waals surface area (Å²) in [6, 6.07) is 28.8. The van der Waals surface area contributed by atoms with Crippen molar-refractivity contribution in [2.75, 3.05) is 5.32 Å². The standard InChI is InChI=1S/C29H21BrN2O6/c30-25(21-14-9-15-22(18-21)32(36)37)27(26(33)19-10-3-1-4-11-19)38-29(35)23-16-7-8-17-24(23)31-28(34)20-12-5-2-6-13-20/h1-18,25,27H,(H,31,34)/t25-,27-/m1/s1. The van der Waals surface area contributed by atoms with Gasteiger partial charge in [0.1, 0.15) is 0 Å².